The third-order valence-electron chi connectivity index (χ3n) is 4.78. The summed E-state index contributed by atoms with van der Waals surface area (Å²) in [5, 5.41) is 0. The number of H-pyrrole nitrogens is 1. The second-order valence-corrected chi connectivity index (χ2v) is 6.83. The molecule has 1 heterocycles. The topological polar surface area (TPSA) is 42.1 Å². The maximum atomic E-state index is 12.5. The molecule has 0 amide bonds. The normalized spacial score (nSPS) is 16.6. The number of Topliss-reactive ketones (excluding diaryl/α,β-unsaturated/α-hetero) is 1. The molecule has 2 aromatic carbocycles. The van der Waals surface area contributed by atoms with Crippen LogP contribution in [0.3, 0.4) is 0 Å². The highest BCUT2D eigenvalue weighted by atomic mass is 16.5. The van der Waals surface area contributed by atoms with E-state index in [2.05, 4.69) is 11.9 Å². The van der Waals surface area contributed by atoms with Crippen LogP contribution in [0.5, 0.6) is 11.5 Å². The fraction of sp³-hybridized carbons (Fsp3) is 0.227. The molecule has 1 N–H and O–H groups in total. The van der Waals surface area contributed by atoms with E-state index in [1.165, 1.54) is 0 Å². The number of fused-ring (bicyclic) bond motifs is 1. The second kappa shape index (κ2) is 6.25. The number of aromatic amines is 1. The van der Waals surface area contributed by atoms with Crippen LogP contribution in [0.25, 0.3) is 11.3 Å². The first-order valence-corrected chi connectivity index (χ1v) is 8.70. The van der Waals surface area contributed by atoms with E-state index < -0.39 is 0 Å². The van der Waals surface area contributed by atoms with Gasteiger partial charge in [0.25, 0.3) is 0 Å². The summed E-state index contributed by atoms with van der Waals surface area (Å²) in [7, 11) is 0. The van der Waals surface area contributed by atoms with Crippen molar-refractivity contribution in [2.75, 3.05) is 0 Å². The first-order chi connectivity index (χ1) is 12.1. The highest BCUT2D eigenvalue weighted by Gasteiger charge is 2.29. The van der Waals surface area contributed by atoms with Crippen molar-refractivity contribution in [1.29, 1.82) is 0 Å². The summed E-state index contributed by atoms with van der Waals surface area (Å²) in [6.07, 6.45) is 1.55. The molecule has 1 atom stereocenters. The van der Waals surface area contributed by atoms with Gasteiger partial charge in [0.2, 0.25) is 0 Å². The summed E-state index contributed by atoms with van der Waals surface area (Å²) in [4.78, 5) is 15.9. The minimum absolute atomic E-state index is 0.246. The molecular weight excluding hydrogens is 310 g/mol. The van der Waals surface area contributed by atoms with Crippen molar-refractivity contribution >= 4 is 5.78 Å². The van der Waals surface area contributed by atoms with Crippen molar-refractivity contribution in [3.63, 3.8) is 0 Å². The number of carbonyl (C=O) groups is 1. The molecular formula is C22H21NO2. The molecule has 0 saturated heterocycles. The van der Waals surface area contributed by atoms with Gasteiger partial charge in [-0.15, -0.1) is 0 Å². The van der Waals surface area contributed by atoms with Crippen molar-refractivity contribution in [1.82, 2.24) is 4.98 Å². The molecule has 1 aromatic heterocycles. The molecule has 3 nitrogen and oxygen atoms in total. The largest absolute Gasteiger partial charge is 0.457 e. The molecule has 3 aromatic rings. The standard InChI is InChI=1S/C22H21NO2/c1-14-12-18-21(19(24)13-14)15(2)23-22(18)17-10-6-7-11-20(17)25-16-8-4-3-5-9-16/h3-11,14,23H,12-13H2,1-2H3. The molecule has 25 heavy (non-hydrogen) atoms. The molecule has 1 aliphatic rings. The average Bonchev–Trinajstić information content (AvgIpc) is 2.93. The van der Waals surface area contributed by atoms with Crippen LogP contribution < -0.4 is 4.74 Å². The summed E-state index contributed by atoms with van der Waals surface area (Å²) >= 11 is 0. The number of aromatic nitrogens is 1. The zero-order chi connectivity index (χ0) is 17.4. The van der Waals surface area contributed by atoms with Gasteiger partial charge in [0, 0.05) is 23.2 Å². The Morgan fingerprint density at radius 1 is 1.00 bits per heavy atom. The Kier molecular flexibility index (Phi) is 3.92. The summed E-state index contributed by atoms with van der Waals surface area (Å²) in [6.45, 7) is 4.12. The number of hydrogen-bond acceptors (Lipinski definition) is 2. The van der Waals surface area contributed by atoms with E-state index in [1.54, 1.807) is 0 Å². The van der Waals surface area contributed by atoms with Crippen LogP contribution in [0.1, 0.15) is 35.0 Å². The lowest BCUT2D eigenvalue weighted by atomic mass is 9.83. The number of rotatable bonds is 3. The molecule has 1 aliphatic carbocycles. The van der Waals surface area contributed by atoms with Crippen LogP contribution in [0.2, 0.25) is 0 Å². The number of benzene rings is 2. The van der Waals surface area contributed by atoms with Gasteiger partial charge in [-0.1, -0.05) is 37.3 Å². The van der Waals surface area contributed by atoms with Gasteiger partial charge in [0.15, 0.2) is 5.78 Å². The van der Waals surface area contributed by atoms with Crippen LogP contribution >= 0.6 is 0 Å². The molecule has 4 rings (SSSR count). The lowest BCUT2D eigenvalue weighted by Gasteiger charge is -2.19. The van der Waals surface area contributed by atoms with E-state index in [-0.39, 0.29) is 5.78 Å². The van der Waals surface area contributed by atoms with Gasteiger partial charge in [0.1, 0.15) is 11.5 Å². The number of ketones is 1. The Morgan fingerprint density at radius 2 is 1.72 bits per heavy atom. The number of para-hydroxylation sites is 2. The smallest absolute Gasteiger partial charge is 0.165 e. The van der Waals surface area contributed by atoms with Gasteiger partial charge < -0.3 is 9.72 Å². The molecule has 0 aliphatic heterocycles. The van der Waals surface area contributed by atoms with E-state index in [0.29, 0.717) is 12.3 Å². The summed E-state index contributed by atoms with van der Waals surface area (Å²) < 4.78 is 6.11. The molecule has 0 spiro atoms. The number of hydrogen-bond donors (Lipinski definition) is 1. The van der Waals surface area contributed by atoms with Crippen LogP contribution in [0, 0.1) is 12.8 Å². The lowest BCUT2D eigenvalue weighted by Crippen LogP contribution is -2.17. The van der Waals surface area contributed by atoms with Crippen LogP contribution in [0.4, 0.5) is 0 Å². The van der Waals surface area contributed by atoms with Crippen molar-refractivity contribution in [3.8, 4) is 22.8 Å². The van der Waals surface area contributed by atoms with Gasteiger partial charge in [-0.05, 0) is 49.1 Å². The van der Waals surface area contributed by atoms with Gasteiger partial charge in [-0.25, -0.2) is 0 Å². The predicted octanol–water partition coefficient (Wildman–Crippen LogP) is 5.55. The highest BCUT2D eigenvalue weighted by Crippen LogP contribution is 2.40. The minimum Gasteiger partial charge on any atom is -0.457 e. The Labute approximate surface area is 147 Å². The summed E-state index contributed by atoms with van der Waals surface area (Å²) in [5.41, 5.74) is 4.97. The third-order valence-corrected chi connectivity index (χ3v) is 4.78. The Hall–Kier alpha value is -2.81. The maximum absolute atomic E-state index is 12.5. The average molecular weight is 331 g/mol. The second-order valence-electron chi connectivity index (χ2n) is 6.83. The molecule has 126 valence electrons. The van der Waals surface area contributed by atoms with Gasteiger partial charge >= 0.3 is 0 Å². The quantitative estimate of drug-likeness (QED) is 0.684. The molecule has 0 radical (unpaired) electrons. The zero-order valence-corrected chi connectivity index (χ0v) is 14.5. The number of ether oxygens (including phenoxy) is 1. The predicted molar refractivity (Wildman–Crippen MR) is 99.3 cm³/mol. The van der Waals surface area contributed by atoms with E-state index in [9.17, 15) is 4.79 Å². The molecule has 0 saturated carbocycles. The SMILES string of the molecule is Cc1[nH]c(-c2ccccc2Oc2ccccc2)c2c1C(=O)CC(C)C2. The first kappa shape index (κ1) is 15.7. The lowest BCUT2D eigenvalue weighted by molar-refractivity contribution is 0.0953. The summed E-state index contributed by atoms with van der Waals surface area (Å²) in [5.74, 6) is 2.21. The van der Waals surface area contributed by atoms with Gasteiger partial charge in [-0.2, -0.15) is 0 Å². The molecule has 3 heteroatoms. The Balaban J connectivity index is 1.82. The van der Waals surface area contributed by atoms with Crippen molar-refractivity contribution in [2.24, 2.45) is 5.92 Å². The van der Waals surface area contributed by atoms with Gasteiger partial charge in [-0.3, -0.25) is 4.79 Å². The molecule has 0 bridgehead atoms. The van der Waals surface area contributed by atoms with Crippen LogP contribution in [-0.2, 0) is 6.42 Å². The third kappa shape index (κ3) is 2.86. The number of carbonyl (C=O) groups excluding carboxylic acids is 1. The van der Waals surface area contributed by atoms with E-state index in [1.807, 2.05) is 61.5 Å². The fourth-order valence-corrected chi connectivity index (χ4v) is 3.71. The van der Waals surface area contributed by atoms with Crippen molar-refractivity contribution < 1.29 is 9.53 Å². The minimum atomic E-state index is 0.246. The Morgan fingerprint density at radius 3 is 2.52 bits per heavy atom. The maximum Gasteiger partial charge on any atom is 0.165 e. The van der Waals surface area contributed by atoms with Crippen molar-refractivity contribution in [2.45, 2.75) is 26.7 Å². The Bertz CT molecular complexity index is 924. The first-order valence-electron chi connectivity index (χ1n) is 8.70. The van der Waals surface area contributed by atoms with Crippen molar-refractivity contribution in [3.05, 3.63) is 71.4 Å². The molecule has 1 unspecified atom stereocenters. The van der Waals surface area contributed by atoms with E-state index in [0.717, 1.165) is 46.0 Å². The fourth-order valence-electron chi connectivity index (χ4n) is 3.71. The van der Waals surface area contributed by atoms with Crippen LogP contribution in [0.15, 0.2) is 54.6 Å². The monoisotopic (exact) mass is 331 g/mol. The van der Waals surface area contributed by atoms with Gasteiger partial charge in [0.05, 0.1) is 5.69 Å². The zero-order valence-electron chi connectivity index (χ0n) is 14.5. The molecule has 0 fully saturated rings. The van der Waals surface area contributed by atoms with E-state index in [4.69, 9.17) is 4.74 Å². The summed E-state index contributed by atoms with van der Waals surface area (Å²) in [6, 6.07) is 17.8. The highest BCUT2D eigenvalue weighted by molar-refractivity contribution is 6.02. The number of aryl methyl sites for hydroxylation is 1. The van der Waals surface area contributed by atoms with Crippen LogP contribution in [-0.4, -0.2) is 10.8 Å². The van der Waals surface area contributed by atoms with E-state index >= 15 is 0 Å². The number of nitrogens with one attached hydrogen (secondary N) is 1.